The van der Waals surface area contributed by atoms with E-state index in [4.69, 9.17) is 9.85 Å². The van der Waals surface area contributed by atoms with Crippen molar-refractivity contribution in [3.8, 4) is 5.75 Å². The summed E-state index contributed by atoms with van der Waals surface area (Å²) in [5.74, 6) is -10.7. The first-order valence-corrected chi connectivity index (χ1v) is 9.79. The standard InChI is InChI=1S/C22H24N2O8/c1-7-8-5-4-6-9(25)11(8)16(26)12-10(7)17(27)14-15(24(2)3)18(28)13(21(23)31)20(30)22(14,32)19(12)29/h4-7,10,14-15,17,25-27,30,32H,1-3H3,(H2,23,31)/t7-,10+,14+,15-,17-,22-/m0/s1/i2D3. The molecule has 170 valence electrons. The van der Waals surface area contributed by atoms with Crippen molar-refractivity contribution in [3.05, 3.63) is 46.2 Å². The van der Waals surface area contributed by atoms with Crippen molar-refractivity contribution in [2.75, 3.05) is 14.0 Å². The number of aliphatic hydroxyl groups excluding tert-OH is 3. The number of hydrogen-bond donors (Lipinski definition) is 6. The van der Waals surface area contributed by atoms with Gasteiger partial charge in [0.25, 0.3) is 5.91 Å². The van der Waals surface area contributed by atoms with Gasteiger partial charge in [-0.2, -0.15) is 0 Å². The second kappa shape index (κ2) is 6.89. The molecule has 1 saturated carbocycles. The third-order valence-corrected chi connectivity index (χ3v) is 6.85. The minimum Gasteiger partial charge on any atom is -0.508 e. The number of fused-ring (bicyclic) bond motifs is 3. The maximum Gasteiger partial charge on any atom is 0.255 e. The van der Waals surface area contributed by atoms with Crippen LogP contribution in [0.4, 0.5) is 0 Å². The van der Waals surface area contributed by atoms with Crippen LogP contribution >= 0.6 is 0 Å². The number of aromatic hydroxyl groups is 1. The van der Waals surface area contributed by atoms with E-state index < -0.39 is 82.6 Å². The van der Waals surface area contributed by atoms with Gasteiger partial charge in [-0.05, 0) is 31.6 Å². The summed E-state index contributed by atoms with van der Waals surface area (Å²) in [5, 5.41) is 55.2. The predicted octanol–water partition coefficient (Wildman–Crippen LogP) is -0.504. The number of nitrogens with two attached hydrogens (primary N) is 1. The van der Waals surface area contributed by atoms with E-state index in [-0.39, 0.29) is 11.3 Å². The quantitative estimate of drug-likeness (QED) is 0.325. The third kappa shape index (κ3) is 2.48. The number of carbonyl (C=O) groups is 3. The third-order valence-electron chi connectivity index (χ3n) is 6.85. The van der Waals surface area contributed by atoms with Crippen molar-refractivity contribution in [2.45, 2.75) is 30.6 Å². The lowest BCUT2D eigenvalue weighted by Crippen LogP contribution is -2.70. The number of primary amides is 1. The predicted molar refractivity (Wildman–Crippen MR) is 110 cm³/mol. The fourth-order valence-corrected chi connectivity index (χ4v) is 5.44. The van der Waals surface area contributed by atoms with Gasteiger partial charge in [0.2, 0.25) is 5.78 Å². The molecule has 0 unspecified atom stereocenters. The summed E-state index contributed by atoms with van der Waals surface area (Å²) in [4.78, 5) is 39.6. The Kier molecular flexibility index (Phi) is 3.96. The highest BCUT2D eigenvalue weighted by Gasteiger charge is 2.68. The van der Waals surface area contributed by atoms with E-state index in [0.717, 1.165) is 7.05 Å². The summed E-state index contributed by atoms with van der Waals surface area (Å²) in [7, 11) is 0.981. The van der Waals surface area contributed by atoms with E-state index in [1.807, 2.05) is 0 Å². The van der Waals surface area contributed by atoms with Crippen molar-refractivity contribution in [3.63, 3.8) is 0 Å². The molecule has 0 aromatic heterocycles. The van der Waals surface area contributed by atoms with Gasteiger partial charge < -0.3 is 31.3 Å². The number of phenolic OH excluding ortho intramolecular Hbond substituents is 1. The van der Waals surface area contributed by atoms with Gasteiger partial charge in [0.15, 0.2) is 11.4 Å². The molecule has 1 fully saturated rings. The molecular formula is C22H24N2O8. The molecule has 0 saturated heterocycles. The number of phenols is 1. The van der Waals surface area contributed by atoms with E-state index in [1.165, 1.54) is 12.1 Å². The van der Waals surface area contributed by atoms with Crippen molar-refractivity contribution in [2.24, 2.45) is 17.6 Å². The zero-order valence-electron chi connectivity index (χ0n) is 20.1. The number of aliphatic hydroxyl groups is 4. The Morgan fingerprint density at radius 3 is 2.50 bits per heavy atom. The van der Waals surface area contributed by atoms with Crippen LogP contribution in [0.5, 0.6) is 5.75 Å². The van der Waals surface area contributed by atoms with E-state index >= 15 is 0 Å². The highest BCUT2D eigenvalue weighted by Crippen LogP contribution is 2.55. The van der Waals surface area contributed by atoms with Crippen LogP contribution in [0, 0.1) is 11.8 Å². The van der Waals surface area contributed by atoms with Crippen LogP contribution in [0.2, 0.25) is 0 Å². The minimum atomic E-state index is -3.18. The Labute approximate surface area is 187 Å². The van der Waals surface area contributed by atoms with Crippen molar-refractivity contribution < 1.29 is 44.0 Å². The number of benzene rings is 1. The zero-order chi connectivity index (χ0) is 26.4. The average Bonchev–Trinajstić information content (AvgIpc) is 2.75. The Morgan fingerprint density at radius 1 is 1.25 bits per heavy atom. The van der Waals surface area contributed by atoms with Crippen LogP contribution in [0.1, 0.15) is 28.1 Å². The molecule has 7 N–H and O–H groups in total. The van der Waals surface area contributed by atoms with Gasteiger partial charge in [-0.1, -0.05) is 19.1 Å². The maximum absolute atomic E-state index is 13.8. The number of ketones is 2. The highest BCUT2D eigenvalue weighted by atomic mass is 16.4. The average molecular weight is 447 g/mol. The largest absolute Gasteiger partial charge is 0.508 e. The fourth-order valence-electron chi connectivity index (χ4n) is 5.44. The summed E-state index contributed by atoms with van der Waals surface area (Å²) in [5.41, 5.74) is 0.563. The number of nitrogens with zero attached hydrogens (tertiary/aromatic N) is 1. The Morgan fingerprint density at radius 2 is 1.91 bits per heavy atom. The molecule has 0 spiro atoms. The first-order chi connectivity index (χ1) is 16.1. The smallest absolute Gasteiger partial charge is 0.255 e. The second-order valence-electron chi connectivity index (χ2n) is 8.44. The molecule has 4 rings (SSSR count). The van der Waals surface area contributed by atoms with Crippen LogP contribution in [0.15, 0.2) is 35.1 Å². The van der Waals surface area contributed by atoms with E-state index in [1.54, 1.807) is 13.0 Å². The summed E-state index contributed by atoms with van der Waals surface area (Å²) in [6.07, 6.45) is -1.87. The molecule has 0 radical (unpaired) electrons. The van der Waals surface area contributed by atoms with Crippen LogP contribution in [-0.4, -0.2) is 79.7 Å². The van der Waals surface area contributed by atoms with E-state index in [9.17, 15) is 39.9 Å². The van der Waals surface area contributed by atoms with E-state index in [0.29, 0.717) is 10.5 Å². The molecule has 1 aromatic rings. The molecule has 0 heterocycles. The normalized spacial score (nSPS) is 36.2. The van der Waals surface area contributed by atoms with Crippen molar-refractivity contribution in [1.29, 1.82) is 0 Å². The first kappa shape index (κ1) is 18.4. The minimum absolute atomic E-state index is 0.115. The summed E-state index contributed by atoms with van der Waals surface area (Å²) >= 11 is 0. The zero-order valence-corrected chi connectivity index (χ0v) is 17.1. The summed E-state index contributed by atoms with van der Waals surface area (Å²) < 4.78 is 23.2. The molecule has 10 nitrogen and oxygen atoms in total. The second-order valence-corrected chi connectivity index (χ2v) is 8.44. The van der Waals surface area contributed by atoms with Crippen molar-refractivity contribution >= 4 is 23.2 Å². The highest BCUT2D eigenvalue weighted by molar-refractivity contribution is 6.24. The molecular weight excluding hydrogens is 420 g/mol. The fraction of sp³-hybridized carbons (Fsp3) is 0.409. The lowest BCUT2D eigenvalue weighted by Gasteiger charge is -2.53. The molecule has 0 aliphatic heterocycles. The molecule has 3 aliphatic carbocycles. The van der Waals surface area contributed by atoms with Gasteiger partial charge >= 0.3 is 0 Å². The first-order valence-electron chi connectivity index (χ1n) is 11.3. The number of likely N-dealkylation sites (N-methyl/N-ethyl adjacent to an activating group) is 1. The number of rotatable bonds is 2. The molecule has 32 heavy (non-hydrogen) atoms. The molecule has 0 bridgehead atoms. The van der Waals surface area contributed by atoms with Gasteiger partial charge in [-0.3, -0.25) is 19.3 Å². The van der Waals surface area contributed by atoms with Crippen LogP contribution in [0.3, 0.4) is 0 Å². The number of Topliss-reactive ketones (excluding diaryl/α,β-unsaturated/α-hetero) is 2. The lowest BCUT2D eigenvalue weighted by atomic mass is 9.54. The molecule has 6 atom stereocenters. The Hall–Kier alpha value is -3.21. The summed E-state index contributed by atoms with van der Waals surface area (Å²) in [6.45, 7) is -1.40. The lowest BCUT2D eigenvalue weighted by molar-refractivity contribution is -0.169. The Bertz CT molecular complexity index is 1240. The number of hydrogen-bond acceptors (Lipinski definition) is 9. The molecule has 3 aliphatic rings. The monoisotopic (exact) mass is 447 g/mol. The van der Waals surface area contributed by atoms with Gasteiger partial charge in [0.1, 0.15) is 22.8 Å². The molecule has 1 amide bonds. The van der Waals surface area contributed by atoms with Gasteiger partial charge in [0, 0.05) is 15.6 Å². The SMILES string of the molecule is [2H]C([2H])([2H])N(C)[C@@H]1C(=O)C(C(N)=O)=C(O)[C@@]2(O)C(=O)C3=C(O)c4c(O)cccc4[C@H](C)[C@H]3[C@H](O)[C@@H]12. The molecule has 10 heteroatoms. The van der Waals surface area contributed by atoms with Gasteiger partial charge in [-0.25, -0.2) is 0 Å². The van der Waals surface area contributed by atoms with Gasteiger partial charge in [-0.15, -0.1) is 0 Å². The van der Waals surface area contributed by atoms with E-state index in [2.05, 4.69) is 0 Å². The van der Waals surface area contributed by atoms with Crippen LogP contribution in [0.25, 0.3) is 5.76 Å². The van der Waals surface area contributed by atoms with Crippen molar-refractivity contribution in [1.82, 2.24) is 4.90 Å². The molecule has 1 aromatic carbocycles. The number of carbonyl (C=O) groups excluding carboxylic acids is 3. The Balaban J connectivity index is 2.07. The number of amides is 1. The van der Waals surface area contributed by atoms with Crippen LogP contribution in [-0.2, 0) is 14.4 Å². The topological polar surface area (TPSA) is 182 Å². The maximum atomic E-state index is 13.8. The van der Waals surface area contributed by atoms with Gasteiger partial charge in [0.05, 0.1) is 23.6 Å². The van der Waals surface area contributed by atoms with Crippen LogP contribution < -0.4 is 5.73 Å². The summed E-state index contributed by atoms with van der Waals surface area (Å²) in [6, 6.07) is 2.32.